The lowest BCUT2D eigenvalue weighted by Gasteiger charge is -2.17. The van der Waals surface area contributed by atoms with Crippen LogP contribution in [0, 0.1) is 0 Å². The van der Waals surface area contributed by atoms with Gasteiger partial charge in [0.25, 0.3) is 0 Å². The van der Waals surface area contributed by atoms with Crippen LogP contribution in [0.1, 0.15) is 58.3 Å². The van der Waals surface area contributed by atoms with Crippen molar-refractivity contribution in [3.05, 3.63) is 0 Å². The lowest BCUT2D eigenvalue weighted by Crippen LogP contribution is -2.24. The van der Waals surface area contributed by atoms with Crippen LogP contribution in [0.4, 0.5) is 0 Å². The Bertz CT molecular complexity index is 168. The molecule has 0 bridgehead atoms. The topological polar surface area (TPSA) is 3.24 Å². The molecule has 0 radical (unpaired) electrons. The molecule has 0 unspecified atom stereocenters. The van der Waals surface area contributed by atoms with Crippen LogP contribution in [0.25, 0.3) is 0 Å². The monoisotopic (exact) mass is 213 g/mol. The van der Waals surface area contributed by atoms with Crippen LogP contribution < -0.4 is 0 Å². The highest BCUT2D eigenvalue weighted by molar-refractivity contribution is 7.80. The van der Waals surface area contributed by atoms with Gasteiger partial charge in [0.15, 0.2) is 0 Å². The summed E-state index contributed by atoms with van der Waals surface area (Å²) in [6.45, 7) is 4.70. The van der Waals surface area contributed by atoms with E-state index in [1.54, 1.807) is 0 Å². The van der Waals surface area contributed by atoms with E-state index in [4.69, 9.17) is 12.2 Å². The van der Waals surface area contributed by atoms with Crippen molar-refractivity contribution < 1.29 is 0 Å². The van der Waals surface area contributed by atoms with E-state index in [1.165, 1.54) is 63.0 Å². The number of thiocarbonyl (C=S) groups is 1. The Balaban J connectivity index is 1.90. The van der Waals surface area contributed by atoms with Gasteiger partial charge >= 0.3 is 0 Å². The first-order chi connectivity index (χ1) is 6.84. The van der Waals surface area contributed by atoms with E-state index >= 15 is 0 Å². The number of rotatable bonds is 7. The van der Waals surface area contributed by atoms with Crippen molar-refractivity contribution in [2.45, 2.75) is 58.3 Å². The van der Waals surface area contributed by atoms with Crippen LogP contribution in [0.5, 0.6) is 0 Å². The summed E-state index contributed by atoms with van der Waals surface area (Å²) in [5, 5.41) is 0. The van der Waals surface area contributed by atoms with Gasteiger partial charge in [-0.05, 0) is 19.3 Å². The van der Waals surface area contributed by atoms with E-state index in [0.29, 0.717) is 0 Å². The fraction of sp³-hybridized carbons (Fsp3) is 0.917. The summed E-state index contributed by atoms with van der Waals surface area (Å²) in [5.41, 5.74) is 0. The average molecular weight is 213 g/mol. The van der Waals surface area contributed by atoms with Crippen LogP contribution in [0.3, 0.4) is 0 Å². The van der Waals surface area contributed by atoms with E-state index in [2.05, 4.69) is 11.8 Å². The summed E-state index contributed by atoms with van der Waals surface area (Å²) >= 11 is 5.29. The normalized spacial score (nSPS) is 16.6. The number of unbranched alkanes of at least 4 members (excludes halogenated alkanes) is 5. The van der Waals surface area contributed by atoms with Gasteiger partial charge in [-0.3, -0.25) is 0 Å². The van der Waals surface area contributed by atoms with E-state index in [1.807, 2.05) is 0 Å². The molecule has 0 aromatic heterocycles. The van der Waals surface area contributed by atoms with Crippen molar-refractivity contribution in [2.24, 2.45) is 0 Å². The SMILES string of the molecule is CCCCCCCCN1CCCC1=S. The molecule has 1 saturated heterocycles. The lowest BCUT2D eigenvalue weighted by atomic mass is 10.1. The summed E-state index contributed by atoms with van der Waals surface area (Å²) in [6, 6.07) is 0. The molecule has 0 amide bonds. The van der Waals surface area contributed by atoms with Crippen molar-refractivity contribution in [1.29, 1.82) is 0 Å². The summed E-state index contributed by atoms with van der Waals surface area (Å²) in [7, 11) is 0. The Labute approximate surface area is 93.9 Å². The molecule has 82 valence electrons. The van der Waals surface area contributed by atoms with Gasteiger partial charge in [-0.1, -0.05) is 51.2 Å². The highest BCUT2D eigenvalue weighted by Crippen LogP contribution is 2.13. The molecule has 0 atom stereocenters. The van der Waals surface area contributed by atoms with E-state index in [9.17, 15) is 0 Å². The molecule has 1 aliphatic heterocycles. The highest BCUT2D eigenvalue weighted by Gasteiger charge is 2.14. The largest absolute Gasteiger partial charge is 0.366 e. The van der Waals surface area contributed by atoms with Gasteiger partial charge in [-0.25, -0.2) is 0 Å². The van der Waals surface area contributed by atoms with Gasteiger partial charge < -0.3 is 4.90 Å². The number of likely N-dealkylation sites (tertiary alicyclic amines) is 1. The van der Waals surface area contributed by atoms with Crippen molar-refractivity contribution in [3.63, 3.8) is 0 Å². The second kappa shape index (κ2) is 7.22. The molecule has 1 aliphatic rings. The summed E-state index contributed by atoms with van der Waals surface area (Å²) in [4.78, 5) is 3.60. The maximum atomic E-state index is 5.29. The van der Waals surface area contributed by atoms with Crippen LogP contribution in [0.15, 0.2) is 0 Å². The van der Waals surface area contributed by atoms with Crippen molar-refractivity contribution in [2.75, 3.05) is 13.1 Å². The molecule has 0 aromatic rings. The average Bonchev–Trinajstić information content (AvgIpc) is 2.58. The van der Waals surface area contributed by atoms with Crippen LogP contribution in [0.2, 0.25) is 0 Å². The van der Waals surface area contributed by atoms with Gasteiger partial charge in [0, 0.05) is 13.1 Å². The Morgan fingerprint density at radius 2 is 1.86 bits per heavy atom. The molecule has 0 aliphatic carbocycles. The zero-order valence-corrected chi connectivity index (χ0v) is 10.2. The number of nitrogens with zero attached hydrogens (tertiary/aromatic N) is 1. The minimum absolute atomic E-state index is 1.16. The minimum atomic E-state index is 1.16. The van der Waals surface area contributed by atoms with Gasteiger partial charge in [0.1, 0.15) is 0 Å². The third kappa shape index (κ3) is 4.41. The fourth-order valence-electron chi connectivity index (χ4n) is 2.02. The van der Waals surface area contributed by atoms with Gasteiger partial charge in [-0.2, -0.15) is 0 Å². The van der Waals surface area contributed by atoms with E-state index < -0.39 is 0 Å². The summed E-state index contributed by atoms with van der Waals surface area (Å²) in [5.74, 6) is 0. The zero-order valence-electron chi connectivity index (χ0n) is 9.43. The van der Waals surface area contributed by atoms with Crippen LogP contribution >= 0.6 is 12.2 Å². The molecular formula is C12H23NS. The Hall–Kier alpha value is -0.110. The fourth-order valence-corrected chi connectivity index (χ4v) is 2.35. The maximum Gasteiger partial charge on any atom is 0.0779 e. The lowest BCUT2D eigenvalue weighted by molar-refractivity contribution is 0.433. The predicted molar refractivity (Wildman–Crippen MR) is 66.8 cm³/mol. The molecule has 0 N–H and O–H groups in total. The maximum absolute atomic E-state index is 5.29. The van der Waals surface area contributed by atoms with E-state index in [0.717, 1.165) is 6.42 Å². The molecule has 1 heterocycles. The van der Waals surface area contributed by atoms with Crippen molar-refractivity contribution >= 4 is 17.2 Å². The summed E-state index contributed by atoms with van der Waals surface area (Å²) in [6.07, 6.45) is 10.7. The van der Waals surface area contributed by atoms with Gasteiger partial charge in [0.05, 0.1) is 4.99 Å². The molecule has 2 heteroatoms. The Kier molecular flexibility index (Phi) is 6.17. The third-order valence-corrected chi connectivity index (χ3v) is 3.42. The first kappa shape index (κ1) is 12.0. The molecule has 0 spiro atoms. The Morgan fingerprint density at radius 1 is 1.14 bits per heavy atom. The molecule has 1 fully saturated rings. The second-order valence-corrected chi connectivity index (χ2v) is 4.72. The van der Waals surface area contributed by atoms with Crippen molar-refractivity contribution in [3.8, 4) is 0 Å². The second-order valence-electron chi connectivity index (χ2n) is 4.25. The molecule has 1 nitrogen and oxygen atoms in total. The molecule has 1 rings (SSSR count). The highest BCUT2D eigenvalue weighted by atomic mass is 32.1. The third-order valence-electron chi connectivity index (χ3n) is 2.95. The van der Waals surface area contributed by atoms with Crippen LogP contribution in [-0.2, 0) is 0 Å². The Morgan fingerprint density at radius 3 is 2.50 bits per heavy atom. The van der Waals surface area contributed by atoms with Gasteiger partial charge in [-0.15, -0.1) is 0 Å². The quantitative estimate of drug-likeness (QED) is 0.468. The molecule has 0 aromatic carbocycles. The molecule has 14 heavy (non-hydrogen) atoms. The predicted octanol–water partition coefficient (Wildman–Crippen LogP) is 3.77. The number of hydrogen-bond donors (Lipinski definition) is 0. The smallest absolute Gasteiger partial charge is 0.0779 e. The first-order valence-electron chi connectivity index (χ1n) is 6.12. The van der Waals surface area contributed by atoms with Crippen LogP contribution in [-0.4, -0.2) is 23.0 Å². The number of hydrogen-bond acceptors (Lipinski definition) is 1. The summed E-state index contributed by atoms with van der Waals surface area (Å²) < 4.78 is 0. The van der Waals surface area contributed by atoms with Crippen molar-refractivity contribution in [1.82, 2.24) is 4.90 Å². The zero-order chi connectivity index (χ0) is 10.2. The molecular weight excluding hydrogens is 190 g/mol. The molecule has 0 saturated carbocycles. The minimum Gasteiger partial charge on any atom is -0.366 e. The van der Waals surface area contributed by atoms with Gasteiger partial charge in [0.2, 0.25) is 0 Å². The van der Waals surface area contributed by atoms with E-state index in [-0.39, 0.29) is 0 Å². The standard InChI is InChI=1S/C12H23NS/c1-2-3-4-5-6-7-10-13-11-8-9-12(13)14/h2-11H2,1H3. The first-order valence-corrected chi connectivity index (χ1v) is 6.53.